The Balaban J connectivity index is 1.64. The summed E-state index contributed by atoms with van der Waals surface area (Å²) < 4.78 is 33.8. The second-order valence-electron chi connectivity index (χ2n) is 6.78. The van der Waals surface area contributed by atoms with E-state index in [2.05, 4.69) is 30.0 Å². The van der Waals surface area contributed by atoms with E-state index >= 15 is 0 Å². The minimum Gasteiger partial charge on any atom is -0.462 e. The molecule has 1 aliphatic rings. The van der Waals surface area contributed by atoms with E-state index in [-0.39, 0.29) is 18.1 Å². The van der Waals surface area contributed by atoms with Gasteiger partial charge in [0.2, 0.25) is 4.91 Å². The smallest absolute Gasteiger partial charge is 0.354 e. The van der Waals surface area contributed by atoms with Crippen molar-refractivity contribution in [2.45, 2.75) is 26.0 Å². The number of carbonyl (C=O) groups excluding carboxylic acids is 1. The summed E-state index contributed by atoms with van der Waals surface area (Å²) in [6.45, 7) is 4.46. The molecule has 12 heteroatoms. The van der Waals surface area contributed by atoms with Gasteiger partial charge < -0.3 is 20.4 Å². The highest BCUT2D eigenvalue weighted by molar-refractivity contribution is 7.98. The number of rotatable bonds is 11. The van der Waals surface area contributed by atoms with Crippen molar-refractivity contribution >= 4 is 33.6 Å². The highest BCUT2D eigenvalue weighted by atomic mass is 32.2. The van der Waals surface area contributed by atoms with Crippen LogP contribution in [0.4, 0.5) is 0 Å². The van der Waals surface area contributed by atoms with Crippen LogP contribution in [0.1, 0.15) is 24.0 Å². The normalized spacial score (nSPS) is 14.9. The molecule has 0 aliphatic carbocycles. The molecule has 0 fully saturated rings. The van der Waals surface area contributed by atoms with Crippen LogP contribution in [0.5, 0.6) is 0 Å². The SMILES string of the molecule is CCOC(=O)C1=C(NCCc2ccccn2)C(NCCSCc2[nH]cnc2C)=NS1(=O)=O. The van der Waals surface area contributed by atoms with Gasteiger partial charge in [0.25, 0.3) is 10.0 Å². The predicted octanol–water partition coefficient (Wildman–Crippen LogP) is 1.28. The van der Waals surface area contributed by atoms with Crippen LogP contribution in [0.2, 0.25) is 0 Å². The lowest BCUT2D eigenvalue weighted by Crippen LogP contribution is -2.34. The van der Waals surface area contributed by atoms with Crippen molar-refractivity contribution in [3.05, 3.63) is 58.4 Å². The zero-order chi connectivity index (χ0) is 23.0. The highest BCUT2D eigenvalue weighted by Crippen LogP contribution is 2.23. The number of hydrogen-bond donors (Lipinski definition) is 3. The van der Waals surface area contributed by atoms with Gasteiger partial charge in [-0.1, -0.05) is 6.07 Å². The molecule has 0 bridgehead atoms. The van der Waals surface area contributed by atoms with Gasteiger partial charge in [0.05, 0.1) is 18.6 Å². The van der Waals surface area contributed by atoms with Crippen molar-refractivity contribution < 1.29 is 17.9 Å². The summed E-state index contributed by atoms with van der Waals surface area (Å²) in [4.78, 5) is 23.4. The lowest BCUT2D eigenvalue weighted by atomic mass is 10.2. The molecular weight excluding hydrogens is 452 g/mol. The molecule has 172 valence electrons. The molecule has 0 unspecified atom stereocenters. The average molecular weight is 479 g/mol. The first-order valence-corrected chi connectivity index (χ1v) is 12.7. The quantitative estimate of drug-likeness (QED) is 0.322. The van der Waals surface area contributed by atoms with Gasteiger partial charge in [-0.05, 0) is 26.0 Å². The first-order valence-electron chi connectivity index (χ1n) is 10.1. The van der Waals surface area contributed by atoms with Crippen molar-refractivity contribution in [1.29, 1.82) is 0 Å². The number of sulfonamides is 1. The van der Waals surface area contributed by atoms with Gasteiger partial charge in [0.1, 0.15) is 5.70 Å². The molecule has 0 saturated carbocycles. The van der Waals surface area contributed by atoms with Crippen LogP contribution >= 0.6 is 11.8 Å². The molecule has 3 heterocycles. The van der Waals surface area contributed by atoms with Crippen LogP contribution in [0.3, 0.4) is 0 Å². The Kier molecular flexibility index (Phi) is 8.28. The second kappa shape index (κ2) is 11.1. The number of nitrogens with one attached hydrogen (secondary N) is 3. The summed E-state index contributed by atoms with van der Waals surface area (Å²) >= 11 is 1.67. The molecule has 32 heavy (non-hydrogen) atoms. The van der Waals surface area contributed by atoms with Gasteiger partial charge in [-0.15, -0.1) is 4.40 Å². The minimum atomic E-state index is -4.15. The van der Waals surface area contributed by atoms with Gasteiger partial charge in [-0.25, -0.2) is 9.78 Å². The van der Waals surface area contributed by atoms with Crippen LogP contribution in [0.15, 0.2) is 45.7 Å². The van der Waals surface area contributed by atoms with Gasteiger partial charge in [0, 0.05) is 48.6 Å². The van der Waals surface area contributed by atoms with Crippen LogP contribution in [0, 0.1) is 6.92 Å². The Morgan fingerprint density at radius 1 is 1.22 bits per heavy atom. The summed E-state index contributed by atoms with van der Waals surface area (Å²) in [6, 6.07) is 5.57. The second-order valence-corrected chi connectivity index (χ2v) is 9.43. The topological polar surface area (TPSA) is 138 Å². The molecule has 0 spiro atoms. The van der Waals surface area contributed by atoms with Crippen molar-refractivity contribution in [3.8, 4) is 0 Å². The van der Waals surface area contributed by atoms with Gasteiger partial charge >= 0.3 is 5.97 Å². The molecule has 2 aromatic rings. The van der Waals surface area contributed by atoms with Crippen LogP contribution in [-0.2, 0) is 31.7 Å². The summed E-state index contributed by atoms with van der Waals surface area (Å²) in [5.41, 5.74) is 2.99. The van der Waals surface area contributed by atoms with E-state index in [0.717, 1.165) is 22.8 Å². The molecule has 10 nitrogen and oxygen atoms in total. The fourth-order valence-corrected chi connectivity index (χ4v) is 5.02. The van der Waals surface area contributed by atoms with E-state index in [4.69, 9.17) is 4.74 Å². The Hall–Kier alpha value is -2.86. The zero-order valence-electron chi connectivity index (χ0n) is 17.9. The summed E-state index contributed by atoms with van der Waals surface area (Å²) in [5.74, 6) is 0.662. The number of aryl methyl sites for hydroxylation is 1. The molecule has 0 atom stereocenters. The molecule has 0 amide bonds. The molecule has 3 N–H and O–H groups in total. The molecule has 0 saturated heterocycles. The standard InChI is InChI=1S/C20H26N6O4S2/c1-3-30-20(27)18-17(22-9-7-15-6-4-5-8-21-15)19(26-32(18,28)29)23-10-11-31-12-16-14(2)24-13-25-16/h4-6,8,13,22H,3,7,9-12H2,1-2H3,(H,23,26)(H,24,25). The third-order valence-electron chi connectivity index (χ3n) is 4.52. The number of esters is 1. The number of H-pyrrole nitrogens is 1. The predicted molar refractivity (Wildman–Crippen MR) is 123 cm³/mol. The molecular formula is C20H26N6O4S2. The number of carbonyl (C=O) groups is 1. The van der Waals surface area contributed by atoms with Gasteiger partial charge in [0.15, 0.2) is 5.84 Å². The average Bonchev–Trinajstić information content (AvgIpc) is 3.28. The number of ether oxygens (including phenoxy) is 1. The number of hydrogen-bond acceptors (Lipinski definition) is 9. The van der Waals surface area contributed by atoms with E-state index in [1.165, 1.54) is 0 Å². The summed E-state index contributed by atoms with van der Waals surface area (Å²) in [5, 5.41) is 6.08. The van der Waals surface area contributed by atoms with Crippen molar-refractivity contribution in [2.75, 3.05) is 25.4 Å². The highest BCUT2D eigenvalue weighted by Gasteiger charge is 2.38. The first kappa shape index (κ1) is 23.8. The monoisotopic (exact) mass is 478 g/mol. The van der Waals surface area contributed by atoms with Gasteiger partial charge in [-0.3, -0.25) is 4.98 Å². The van der Waals surface area contributed by atoms with E-state index in [9.17, 15) is 13.2 Å². The Morgan fingerprint density at radius 2 is 2.06 bits per heavy atom. The number of amidine groups is 1. The lowest BCUT2D eigenvalue weighted by Gasteiger charge is -2.13. The fraction of sp³-hybridized carbons (Fsp3) is 0.400. The van der Waals surface area contributed by atoms with E-state index < -0.39 is 20.9 Å². The number of pyridine rings is 1. The van der Waals surface area contributed by atoms with Crippen LogP contribution in [0.25, 0.3) is 0 Å². The van der Waals surface area contributed by atoms with E-state index in [1.54, 1.807) is 31.2 Å². The number of aromatic amines is 1. The maximum absolute atomic E-state index is 12.6. The molecule has 0 radical (unpaired) electrons. The molecule has 3 rings (SSSR count). The molecule has 1 aliphatic heterocycles. The Morgan fingerprint density at radius 3 is 2.75 bits per heavy atom. The Bertz CT molecular complexity index is 1100. The number of aromatic nitrogens is 3. The minimum absolute atomic E-state index is 0.0610. The molecule has 0 aromatic carbocycles. The summed E-state index contributed by atoms with van der Waals surface area (Å²) in [7, 11) is -4.15. The lowest BCUT2D eigenvalue weighted by molar-refractivity contribution is -0.137. The largest absolute Gasteiger partial charge is 0.462 e. The number of imidazole rings is 1. The number of nitrogens with zero attached hydrogens (tertiary/aromatic N) is 3. The fourth-order valence-electron chi connectivity index (χ4n) is 2.95. The van der Waals surface area contributed by atoms with Crippen molar-refractivity contribution in [2.24, 2.45) is 4.40 Å². The first-order chi connectivity index (χ1) is 15.4. The van der Waals surface area contributed by atoms with Crippen LogP contribution in [-0.4, -0.2) is 60.6 Å². The maximum Gasteiger partial charge on any atom is 0.354 e. The van der Waals surface area contributed by atoms with Crippen molar-refractivity contribution in [3.63, 3.8) is 0 Å². The third-order valence-corrected chi connectivity index (χ3v) is 6.82. The van der Waals surface area contributed by atoms with E-state index in [1.807, 2.05) is 25.1 Å². The van der Waals surface area contributed by atoms with Crippen LogP contribution < -0.4 is 10.6 Å². The van der Waals surface area contributed by atoms with E-state index in [0.29, 0.717) is 25.3 Å². The Labute approximate surface area is 191 Å². The maximum atomic E-state index is 12.6. The van der Waals surface area contributed by atoms with Gasteiger partial charge in [-0.2, -0.15) is 20.2 Å². The number of thioether (sulfide) groups is 1. The zero-order valence-corrected chi connectivity index (χ0v) is 19.6. The summed E-state index contributed by atoms with van der Waals surface area (Å²) in [6.07, 6.45) is 3.90. The third kappa shape index (κ3) is 6.10. The molecule has 2 aromatic heterocycles. The van der Waals surface area contributed by atoms with Crippen molar-refractivity contribution in [1.82, 2.24) is 25.6 Å².